The SMILES string of the molecule is O=C(O)CC(CCNC(=O)C(F)(F)F)C(F)(F)F. The van der Waals surface area contributed by atoms with Crippen molar-refractivity contribution in [3.8, 4) is 0 Å². The monoisotopic (exact) mass is 281 g/mol. The molecule has 0 saturated carbocycles. The number of carboxylic acid groups (broad SMARTS) is 1. The topological polar surface area (TPSA) is 66.4 Å². The normalized spacial score (nSPS) is 14.1. The summed E-state index contributed by atoms with van der Waals surface area (Å²) in [5.41, 5.74) is 0. The van der Waals surface area contributed by atoms with E-state index in [0.717, 1.165) is 0 Å². The maximum absolute atomic E-state index is 12.2. The summed E-state index contributed by atoms with van der Waals surface area (Å²) in [4.78, 5) is 20.4. The molecule has 106 valence electrons. The van der Waals surface area contributed by atoms with Gasteiger partial charge in [-0.15, -0.1) is 0 Å². The third-order valence-electron chi connectivity index (χ3n) is 1.92. The van der Waals surface area contributed by atoms with Gasteiger partial charge in [0.25, 0.3) is 0 Å². The summed E-state index contributed by atoms with van der Waals surface area (Å²) in [6.45, 7) is -0.907. The van der Waals surface area contributed by atoms with E-state index in [1.54, 1.807) is 0 Å². The zero-order valence-electron chi connectivity index (χ0n) is 8.73. The number of hydrogen-bond acceptors (Lipinski definition) is 2. The van der Waals surface area contributed by atoms with Gasteiger partial charge in [0, 0.05) is 6.54 Å². The Kier molecular flexibility index (Phi) is 5.43. The number of halogens is 6. The lowest BCUT2D eigenvalue weighted by molar-refractivity contribution is -0.185. The zero-order chi connectivity index (χ0) is 14.6. The molecular weight excluding hydrogens is 272 g/mol. The summed E-state index contributed by atoms with van der Waals surface area (Å²) in [7, 11) is 0. The summed E-state index contributed by atoms with van der Waals surface area (Å²) >= 11 is 0. The van der Waals surface area contributed by atoms with Crippen LogP contribution in [0.3, 0.4) is 0 Å². The van der Waals surface area contributed by atoms with Crippen LogP contribution in [-0.2, 0) is 9.59 Å². The van der Waals surface area contributed by atoms with Crippen molar-refractivity contribution < 1.29 is 41.0 Å². The molecule has 1 amide bonds. The van der Waals surface area contributed by atoms with E-state index >= 15 is 0 Å². The van der Waals surface area contributed by atoms with Crippen molar-refractivity contribution in [3.05, 3.63) is 0 Å². The van der Waals surface area contributed by atoms with Crippen LogP contribution in [-0.4, -0.2) is 35.9 Å². The van der Waals surface area contributed by atoms with Gasteiger partial charge in [0.1, 0.15) is 0 Å². The van der Waals surface area contributed by atoms with Gasteiger partial charge < -0.3 is 10.4 Å². The largest absolute Gasteiger partial charge is 0.481 e. The molecule has 1 atom stereocenters. The quantitative estimate of drug-likeness (QED) is 0.754. The van der Waals surface area contributed by atoms with Gasteiger partial charge in [-0.25, -0.2) is 0 Å². The minimum atomic E-state index is -5.18. The zero-order valence-corrected chi connectivity index (χ0v) is 8.73. The second kappa shape index (κ2) is 5.91. The number of alkyl halides is 6. The van der Waals surface area contributed by atoms with E-state index in [2.05, 4.69) is 0 Å². The molecule has 4 nitrogen and oxygen atoms in total. The molecule has 0 aliphatic rings. The van der Waals surface area contributed by atoms with Gasteiger partial charge in [-0.1, -0.05) is 0 Å². The van der Waals surface area contributed by atoms with E-state index in [1.165, 1.54) is 5.32 Å². The third kappa shape index (κ3) is 6.30. The Balaban J connectivity index is 4.30. The van der Waals surface area contributed by atoms with Gasteiger partial charge in [-0.05, 0) is 6.42 Å². The van der Waals surface area contributed by atoms with Gasteiger partial charge in [0.15, 0.2) is 0 Å². The molecule has 0 heterocycles. The van der Waals surface area contributed by atoms with Crippen molar-refractivity contribution >= 4 is 11.9 Å². The average Bonchev–Trinajstić information content (AvgIpc) is 2.12. The number of aliphatic carboxylic acids is 1. The molecule has 1 unspecified atom stereocenters. The summed E-state index contributed by atoms with van der Waals surface area (Å²) in [6, 6.07) is 0. The average molecular weight is 281 g/mol. The van der Waals surface area contributed by atoms with Crippen LogP contribution in [0, 0.1) is 5.92 Å². The molecular formula is C8H9F6NO3. The van der Waals surface area contributed by atoms with E-state index in [4.69, 9.17) is 5.11 Å². The van der Waals surface area contributed by atoms with Crippen LogP contribution in [0.1, 0.15) is 12.8 Å². The fourth-order valence-corrected chi connectivity index (χ4v) is 1.05. The van der Waals surface area contributed by atoms with Crippen LogP contribution in [0.4, 0.5) is 26.3 Å². The lowest BCUT2D eigenvalue weighted by atomic mass is 10.0. The molecule has 0 spiro atoms. The number of carbonyl (C=O) groups is 2. The molecule has 18 heavy (non-hydrogen) atoms. The number of rotatable bonds is 5. The third-order valence-corrected chi connectivity index (χ3v) is 1.92. The van der Waals surface area contributed by atoms with Crippen molar-refractivity contribution in [1.82, 2.24) is 5.32 Å². The highest BCUT2D eigenvalue weighted by atomic mass is 19.4. The second-order valence-corrected chi connectivity index (χ2v) is 3.38. The number of amides is 1. The fraction of sp³-hybridized carbons (Fsp3) is 0.750. The Labute approximate surface area is 97.0 Å². The highest BCUT2D eigenvalue weighted by molar-refractivity contribution is 5.81. The molecule has 0 aliphatic heterocycles. The van der Waals surface area contributed by atoms with Crippen LogP contribution in [0.15, 0.2) is 0 Å². The van der Waals surface area contributed by atoms with Crippen LogP contribution in [0.25, 0.3) is 0 Å². The van der Waals surface area contributed by atoms with Crippen molar-refractivity contribution in [3.63, 3.8) is 0 Å². The van der Waals surface area contributed by atoms with Crippen LogP contribution >= 0.6 is 0 Å². The van der Waals surface area contributed by atoms with Crippen molar-refractivity contribution in [1.29, 1.82) is 0 Å². The number of nitrogens with one attached hydrogen (secondary N) is 1. The molecule has 10 heteroatoms. The van der Waals surface area contributed by atoms with Crippen LogP contribution < -0.4 is 5.32 Å². The van der Waals surface area contributed by atoms with Crippen LogP contribution in [0.2, 0.25) is 0 Å². The Bertz CT molecular complexity index is 311. The van der Waals surface area contributed by atoms with Gasteiger partial charge in [0.2, 0.25) is 0 Å². The first kappa shape index (κ1) is 16.5. The Morgan fingerprint density at radius 1 is 1.11 bits per heavy atom. The predicted molar refractivity (Wildman–Crippen MR) is 45.5 cm³/mol. The van der Waals surface area contributed by atoms with Gasteiger partial charge >= 0.3 is 24.2 Å². The standard InChI is InChI=1S/C8H9F6NO3/c9-7(10,11)4(3-5(16)17)1-2-15-6(18)8(12,13)14/h4H,1-3H2,(H,15,18)(H,16,17). The van der Waals surface area contributed by atoms with E-state index in [9.17, 15) is 35.9 Å². The molecule has 2 N–H and O–H groups in total. The Morgan fingerprint density at radius 3 is 1.94 bits per heavy atom. The number of carbonyl (C=O) groups excluding carboxylic acids is 1. The molecule has 0 aromatic rings. The Hall–Kier alpha value is -1.48. The maximum atomic E-state index is 12.2. The van der Waals surface area contributed by atoms with Gasteiger partial charge in [-0.2, -0.15) is 26.3 Å². The molecule has 0 saturated heterocycles. The van der Waals surface area contributed by atoms with E-state index < -0.39 is 49.5 Å². The van der Waals surface area contributed by atoms with Crippen LogP contribution in [0.5, 0.6) is 0 Å². The smallest absolute Gasteiger partial charge is 0.471 e. The first-order valence-electron chi connectivity index (χ1n) is 4.58. The highest BCUT2D eigenvalue weighted by Crippen LogP contribution is 2.31. The van der Waals surface area contributed by atoms with E-state index in [1.807, 2.05) is 0 Å². The first-order valence-corrected chi connectivity index (χ1v) is 4.58. The second-order valence-electron chi connectivity index (χ2n) is 3.38. The summed E-state index contributed by atoms with van der Waals surface area (Å²) in [5, 5.41) is 9.46. The molecule has 0 fully saturated rings. The maximum Gasteiger partial charge on any atom is 0.471 e. The molecule has 0 aliphatic carbocycles. The van der Waals surface area contributed by atoms with Crippen molar-refractivity contribution in [2.24, 2.45) is 5.92 Å². The van der Waals surface area contributed by atoms with E-state index in [-0.39, 0.29) is 0 Å². The molecule has 0 aromatic heterocycles. The molecule has 0 bridgehead atoms. The minimum absolute atomic E-state index is 0.907. The minimum Gasteiger partial charge on any atom is -0.481 e. The Morgan fingerprint density at radius 2 is 1.61 bits per heavy atom. The molecule has 0 radical (unpaired) electrons. The summed E-state index contributed by atoms with van der Waals surface area (Å²) < 4.78 is 71.8. The number of hydrogen-bond donors (Lipinski definition) is 2. The summed E-state index contributed by atoms with van der Waals surface area (Å²) in [5.74, 6) is -6.39. The summed E-state index contributed by atoms with van der Waals surface area (Å²) in [6.07, 6.45) is -12.2. The van der Waals surface area contributed by atoms with E-state index in [0.29, 0.717) is 0 Å². The van der Waals surface area contributed by atoms with Crippen molar-refractivity contribution in [2.75, 3.05) is 6.54 Å². The van der Waals surface area contributed by atoms with Gasteiger partial charge in [-0.3, -0.25) is 9.59 Å². The van der Waals surface area contributed by atoms with Gasteiger partial charge in [0.05, 0.1) is 12.3 Å². The first-order chi connectivity index (χ1) is 7.94. The predicted octanol–water partition coefficient (Wildman–Crippen LogP) is 1.71. The molecule has 0 rings (SSSR count). The lowest BCUT2D eigenvalue weighted by Gasteiger charge is -2.18. The van der Waals surface area contributed by atoms with Crippen molar-refractivity contribution in [2.45, 2.75) is 25.2 Å². The number of carboxylic acids is 1. The highest BCUT2D eigenvalue weighted by Gasteiger charge is 2.42. The fourth-order valence-electron chi connectivity index (χ4n) is 1.05. The molecule has 0 aromatic carbocycles. The lowest BCUT2D eigenvalue weighted by Crippen LogP contribution is -2.39.